The van der Waals surface area contributed by atoms with Gasteiger partial charge in [0.25, 0.3) is 0 Å². The molecule has 0 aliphatic heterocycles. The van der Waals surface area contributed by atoms with Gasteiger partial charge in [-0.2, -0.15) is 0 Å². The molecule has 8 heteroatoms. The maximum absolute atomic E-state index is 12.3. The van der Waals surface area contributed by atoms with Gasteiger partial charge in [-0.25, -0.2) is 9.59 Å². The van der Waals surface area contributed by atoms with E-state index in [0.717, 1.165) is 11.1 Å². The maximum atomic E-state index is 12.3. The third-order valence-corrected chi connectivity index (χ3v) is 6.11. The molecule has 1 aliphatic rings. The first kappa shape index (κ1) is 25.2. The molecule has 0 saturated heterocycles. The summed E-state index contributed by atoms with van der Waals surface area (Å²) in [7, 11) is 1.26. The summed E-state index contributed by atoms with van der Waals surface area (Å²) in [6.07, 6.45) is 0.218. The molecule has 0 heterocycles. The molecule has 0 fully saturated rings. The van der Waals surface area contributed by atoms with Crippen molar-refractivity contribution >= 4 is 18.0 Å². The minimum absolute atomic E-state index is 0.0118. The number of methoxy groups -OCH3 is 1. The fourth-order valence-corrected chi connectivity index (χ4v) is 4.11. The first-order valence-corrected chi connectivity index (χ1v) is 11.6. The Bertz CT molecular complexity index is 978. The molecule has 0 aromatic heterocycles. The first-order valence-electron chi connectivity index (χ1n) is 11.6. The van der Waals surface area contributed by atoms with Crippen molar-refractivity contribution in [2.24, 2.45) is 11.7 Å². The molecule has 4 N–H and O–H groups in total. The molecule has 34 heavy (non-hydrogen) atoms. The van der Waals surface area contributed by atoms with Gasteiger partial charge in [0.2, 0.25) is 5.91 Å². The Balaban J connectivity index is 1.47. The summed E-state index contributed by atoms with van der Waals surface area (Å²) in [5.74, 6) is -1.03. The Morgan fingerprint density at radius 2 is 1.59 bits per heavy atom. The number of carbonyl (C=O) groups is 3. The molecule has 2 unspecified atom stereocenters. The van der Waals surface area contributed by atoms with Gasteiger partial charge in [0.1, 0.15) is 12.6 Å². The van der Waals surface area contributed by atoms with E-state index >= 15 is 0 Å². The van der Waals surface area contributed by atoms with Crippen LogP contribution in [-0.4, -0.2) is 50.3 Å². The number of hydrogen-bond acceptors (Lipinski definition) is 6. The highest BCUT2D eigenvalue weighted by molar-refractivity contribution is 5.87. The Morgan fingerprint density at radius 3 is 2.15 bits per heavy atom. The van der Waals surface area contributed by atoms with Crippen LogP contribution in [0.2, 0.25) is 0 Å². The summed E-state index contributed by atoms with van der Waals surface area (Å²) in [5, 5.41) is 5.35. The van der Waals surface area contributed by atoms with Crippen molar-refractivity contribution < 1.29 is 23.9 Å². The highest BCUT2D eigenvalue weighted by atomic mass is 16.5. The van der Waals surface area contributed by atoms with Crippen molar-refractivity contribution in [3.05, 3.63) is 59.7 Å². The number of carbonyl (C=O) groups excluding carboxylic acids is 3. The molecule has 0 saturated carbocycles. The van der Waals surface area contributed by atoms with Crippen LogP contribution in [-0.2, 0) is 19.1 Å². The number of fused-ring (bicyclic) bond motifs is 3. The standard InChI is InChI=1S/C26H33N3O5/c1-16(2)23(27)24(30)29-22(25(31)33-3)13-8-14-28-26(32)34-15-21-19-11-6-4-9-17(19)18-10-5-7-12-20(18)21/h4-7,9-12,16,21-23H,8,13-15,27H2,1-3H3,(H,28,32)(H,29,30). The van der Waals surface area contributed by atoms with Crippen LogP contribution in [0.25, 0.3) is 11.1 Å². The highest BCUT2D eigenvalue weighted by Gasteiger charge is 2.29. The molecule has 3 rings (SSSR count). The van der Waals surface area contributed by atoms with Gasteiger partial charge in [-0.05, 0) is 41.0 Å². The fraction of sp³-hybridized carbons (Fsp3) is 0.423. The molecule has 0 radical (unpaired) electrons. The average molecular weight is 468 g/mol. The lowest BCUT2D eigenvalue weighted by molar-refractivity contribution is -0.145. The van der Waals surface area contributed by atoms with Crippen LogP contribution in [0.4, 0.5) is 4.79 Å². The number of rotatable bonds is 10. The molecule has 1 aliphatic carbocycles. The fourth-order valence-electron chi connectivity index (χ4n) is 4.11. The maximum Gasteiger partial charge on any atom is 0.407 e. The van der Waals surface area contributed by atoms with E-state index in [1.165, 1.54) is 18.2 Å². The number of ether oxygens (including phenoxy) is 2. The molecule has 2 atom stereocenters. The van der Waals surface area contributed by atoms with Crippen molar-refractivity contribution in [1.29, 1.82) is 0 Å². The van der Waals surface area contributed by atoms with Crippen molar-refractivity contribution in [3.63, 3.8) is 0 Å². The molecule has 2 aromatic carbocycles. The topological polar surface area (TPSA) is 120 Å². The summed E-state index contributed by atoms with van der Waals surface area (Å²) >= 11 is 0. The van der Waals surface area contributed by atoms with E-state index < -0.39 is 30.1 Å². The SMILES string of the molecule is COC(=O)C(CCCNC(=O)OCC1c2ccccc2-c2ccccc21)NC(=O)C(N)C(C)C. The Hall–Kier alpha value is -3.39. The Labute approximate surface area is 200 Å². The number of nitrogens with two attached hydrogens (primary N) is 1. The number of hydrogen-bond donors (Lipinski definition) is 3. The van der Waals surface area contributed by atoms with Gasteiger partial charge in [0.15, 0.2) is 0 Å². The first-order chi connectivity index (χ1) is 16.3. The van der Waals surface area contributed by atoms with E-state index in [-0.39, 0.29) is 25.0 Å². The van der Waals surface area contributed by atoms with Crippen molar-refractivity contribution in [3.8, 4) is 11.1 Å². The molecule has 8 nitrogen and oxygen atoms in total. The van der Waals surface area contributed by atoms with Crippen LogP contribution >= 0.6 is 0 Å². The van der Waals surface area contributed by atoms with E-state index in [1.54, 1.807) is 0 Å². The van der Waals surface area contributed by atoms with Crippen molar-refractivity contribution in [2.75, 3.05) is 20.3 Å². The van der Waals surface area contributed by atoms with E-state index in [1.807, 2.05) is 38.1 Å². The van der Waals surface area contributed by atoms with Gasteiger partial charge in [0.05, 0.1) is 13.2 Å². The number of alkyl carbamates (subject to hydrolysis) is 1. The van der Waals surface area contributed by atoms with Crippen LogP contribution in [0.3, 0.4) is 0 Å². The Morgan fingerprint density at radius 1 is 1.00 bits per heavy atom. The van der Waals surface area contributed by atoms with Gasteiger partial charge in [-0.3, -0.25) is 4.79 Å². The zero-order valence-electron chi connectivity index (χ0n) is 19.9. The second-order valence-corrected chi connectivity index (χ2v) is 8.75. The number of benzene rings is 2. The van der Waals surface area contributed by atoms with Crippen LogP contribution in [0.1, 0.15) is 43.7 Å². The lowest BCUT2D eigenvalue weighted by atomic mass is 9.98. The third kappa shape index (κ3) is 5.94. The van der Waals surface area contributed by atoms with Crippen LogP contribution in [0, 0.1) is 5.92 Å². The molecule has 0 spiro atoms. The molecule has 0 bridgehead atoms. The molecule has 182 valence electrons. The van der Waals surface area contributed by atoms with Crippen LogP contribution in [0.5, 0.6) is 0 Å². The largest absolute Gasteiger partial charge is 0.467 e. The van der Waals surface area contributed by atoms with E-state index in [0.29, 0.717) is 12.8 Å². The Kier molecular flexibility index (Phi) is 8.65. The average Bonchev–Trinajstić information content (AvgIpc) is 3.17. The van der Waals surface area contributed by atoms with Gasteiger partial charge in [0, 0.05) is 12.5 Å². The zero-order valence-corrected chi connectivity index (χ0v) is 19.9. The summed E-state index contributed by atoms with van der Waals surface area (Å²) in [6, 6.07) is 14.7. The molecular formula is C26H33N3O5. The second-order valence-electron chi connectivity index (χ2n) is 8.75. The minimum Gasteiger partial charge on any atom is -0.467 e. The van der Waals surface area contributed by atoms with Gasteiger partial charge in [-0.1, -0.05) is 62.4 Å². The summed E-state index contributed by atoms with van der Waals surface area (Å²) < 4.78 is 10.3. The van der Waals surface area contributed by atoms with Gasteiger partial charge >= 0.3 is 12.1 Å². The molecule has 2 amide bonds. The van der Waals surface area contributed by atoms with E-state index in [2.05, 4.69) is 34.9 Å². The summed E-state index contributed by atoms with van der Waals surface area (Å²) in [5.41, 5.74) is 10.5. The van der Waals surface area contributed by atoms with Crippen molar-refractivity contribution in [2.45, 2.75) is 44.7 Å². The smallest absolute Gasteiger partial charge is 0.407 e. The highest BCUT2D eigenvalue weighted by Crippen LogP contribution is 2.44. The van der Waals surface area contributed by atoms with Crippen LogP contribution < -0.4 is 16.4 Å². The summed E-state index contributed by atoms with van der Waals surface area (Å²) in [6.45, 7) is 4.18. The molecular weight excluding hydrogens is 434 g/mol. The molecule has 2 aromatic rings. The van der Waals surface area contributed by atoms with Gasteiger partial charge < -0.3 is 25.8 Å². The predicted octanol–water partition coefficient (Wildman–Crippen LogP) is 2.95. The van der Waals surface area contributed by atoms with Crippen molar-refractivity contribution in [1.82, 2.24) is 10.6 Å². The minimum atomic E-state index is -0.827. The van der Waals surface area contributed by atoms with E-state index in [4.69, 9.17) is 15.2 Å². The van der Waals surface area contributed by atoms with E-state index in [9.17, 15) is 14.4 Å². The third-order valence-electron chi connectivity index (χ3n) is 6.11. The summed E-state index contributed by atoms with van der Waals surface area (Å²) in [4.78, 5) is 36.5. The second kappa shape index (κ2) is 11.7. The number of esters is 1. The van der Waals surface area contributed by atoms with Crippen LogP contribution in [0.15, 0.2) is 48.5 Å². The van der Waals surface area contributed by atoms with Gasteiger partial charge in [-0.15, -0.1) is 0 Å². The lowest BCUT2D eigenvalue weighted by Gasteiger charge is -2.21. The number of nitrogens with one attached hydrogen (secondary N) is 2. The quantitative estimate of drug-likeness (QED) is 0.365. The lowest BCUT2D eigenvalue weighted by Crippen LogP contribution is -2.50. The predicted molar refractivity (Wildman–Crippen MR) is 129 cm³/mol. The monoisotopic (exact) mass is 467 g/mol. The number of amides is 2. The zero-order chi connectivity index (χ0) is 24.7. The normalized spacial score (nSPS) is 14.0.